The van der Waals surface area contributed by atoms with Crippen molar-refractivity contribution in [3.8, 4) is 17.1 Å². The Hall–Kier alpha value is -4.13. The van der Waals surface area contributed by atoms with Crippen LogP contribution in [0.15, 0.2) is 66.7 Å². The Morgan fingerprint density at radius 3 is 2.36 bits per heavy atom. The largest absolute Gasteiger partial charge is 0.497 e. The number of H-pyrrole nitrogens is 1. The molecule has 184 valence electrons. The van der Waals surface area contributed by atoms with Crippen molar-refractivity contribution in [3.05, 3.63) is 77.9 Å². The summed E-state index contributed by atoms with van der Waals surface area (Å²) in [5, 5.41) is 6.09. The molecule has 5 rings (SSSR count). The zero-order valence-electron chi connectivity index (χ0n) is 20.5. The molecule has 1 heterocycles. The second-order valence-electron chi connectivity index (χ2n) is 9.42. The average molecular weight is 483 g/mol. The van der Waals surface area contributed by atoms with E-state index in [0.717, 1.165) is 23.3 Å². The van der Waals surface area contributed by atoms with Gasteiger partial charge < -0.3 is 20.4 Å². The number of imidazole rings is 1. The summed E-state index contributed by atoms with van der Waals surface area (Å²) in [6, 6.07) is 20.3. The summed E-state index contributed by atoms with van der Waals surface area (Å²) in [7, 11) is 1.60. The lowest BCUT2D eigenvalue weighted by molar-refractivity contribution is 0.0909. The highest BCUT2D eigenvalue weighted by atomic mass is 16.5. The summed E-state index contributed by atoms with van der Waals surface area (Å²) in [6.07, 6.45) is 4.63. The SMILES string of the molecule is COc1ccc(NC(=O)c2ccc3[nH]c(-c4ccc(C(=O)NC5CCCCC5C)cc4)nc3c2)cc1. The van der Waals surface area contributed by atoms with E-state index >= 15 is 0 Å². The van der Waals surface area contributed by atoms with Crippen molar-refractivity contribution in [1.29, 1.82) is 0 Å². The third-order valence-electron chi connectivity index (χ3n) is 6.94. The first kappa shape index (κ1) is 23.6. The maximum atomic E-state index is 12.7. The smallest absolute Gasteiger partial charge is 0.255 e. The molecule has 1 aliphatic rings. The Bertz CT molecular complexity index is 1380. The van der Waals surface area contributed by atoms with Crippen LogP contribution in [0.25, 0.3) is 22.4 Å². The maximum absolute atomic E-state index is 12.7. The predicted octanol–water partition coefficient (Wildman–Crippen LogP) is 5.80. The molecule has 3 N–H and O–H groups in total. The molecule has 7 nitrogen and oxygen atoms in total. The lowest BCUT2D eigenvalue weighted by atomic mass is 9.86. The van der Waals surface area contributed by atoms with E-state index in [4.69, 9.17) is 4.74 Å². The number of anilines is 1. The van der Waals surface area contributed by atoms with Gasteiger partial charge >= 0.3 is 0 Å². The van der Waals surface area contributed by atoms with E-state index in [9.17, 15) is 9.59 Å². The molecule has 1 aliphatic carbocycles. The molecule has 4 aromatic rings. The number of fused-ring (bicyclic) bond motifs is 1. The van der Waals surface area contributed by atoms with Crippen molar-refractivity contribution in [2.24, 2.45) is 5.92 Å². The van der Waals surface area contributed by atoms with Crippen LogP contribution in [-0.2, 0) is 0 Å². The molecule has 7 heteroatoms. The number of nitrogens with zero attached hydrogens (tertiary/aromatic N) is 1. The molecule has 36 heavy (non-hydrogen) atoms. The molecule has 2 amide bonds. The van der Waals surface area contributed by atoms with Crippen LogP contribution in [0.4, 0.5) is 5.69 Å². The van der Waals surface area contributed by atoms with Crippen LogP contribution in [0.2, 0.25) is 0 Å². The van der Waals surface area contributed by atoms with E-state index in [1.807, 2.05) is 30.3 Å². The Morgan fingerprint density at radius 1 is 0.917 bits per heavy atom. The van der Waals surface area contributed by atoms with Crippen molar-refractivity contribution in [1.82, 2.24) is 15.3 Å². The van der Waals surface area contributed by atoms with Crippen LogP contribution < -0.4 is 15.4 Å². The Morgan fingerprint density at radius 2 is 1.64 bits per heavy atom. The number of aromatic amines is 1. The third-order valence-corrected chi connectivity index (χ3v) is 6.94. The fraction of sp³-hybridized carbons (Fsp3) is 0.276. The maximum Gasteiger partial charge on any atom is 0.255 e. The first-order chi connectivity index (χ1) is 17.5. The minimum Gasteiger partial charge on any atom is -0.497 e. The number of hydrogen-bond acceptors (Lipinski definition) is 4. The number of carbonyl (C=O) groups is 2. The minimum absolute atomic E-state index is 0.0302. The minimum atomic E-state index is -0.214. The van der Waals surface area contributed by atoms with Gasteiger partial charge in [-0.2, -0.15) is 0 Å². The Kier molecular flexibility index (Phi) is 6.71. The zero-order chi connectivity index (χ0) is 25.1. The zero-order valence-corrected chi connectivity index (χ0v) is 20.5. The fourth-order valence-electron chi connectivity index (χ4n) is 4.72. The molecule has 2 unspecified atom stereocenters. The first-order valence-corrected chi connectivity index (χ1v) is 12.4. The quantitative estimate of drug-likeness (QED) is 0.324. The van der Waals surface area contributed by atoms with Crippen LogP contribution in [0.3, 0.4) is 0 Å². The van der Waals surface area contributed by atoms with E-state index in [1.165, 1.54) is 19.3 Å². The van der Waals surface area contributed by atoms with Gasteiger partial charge in [0, 0.05) is 28.4 Å². The molecule has 0 aliphatic heterocycles. The van der Waals surface area contributed by atoms with Gasteiger partial charge in [-0.25, -0.2) is 4.98 Å². The fourth-order valence-corrected chi connectivity index (χ4v) is 4.72. The predicted molar refractivity (Wildman–Crippen MR) is 141 cm³/mol. The number of aromatic nitrogens is 2. The highest BCUT2D eigenvalue weighted by Gasteiger charge is 2.23. The summed E-state index contributed by atoms with van der Waals surface area (Å²) >= 11 is 0. The number of hydrogen-bond donors (Lipinski definition) is 3. The van der Waals surface area contributed by atoms with Crippen molar-refractivity contribution in [2.75, 3.05) is 12.4 Å². The average Bonchev–Trinajstić information content (AvgIpc) is 3.34. The second kappa shape index (κ2) is 10.2. The van der Waals surface area contributed by atoms with E-state index in [0.29, 0.717) is 34.1 Å². The second-order valence-corrected chi connectivity index (χ2v) is 9.42. The molecule has 2 atom stereocenters. The summed E-state index contributed by atoms with van der Waals surface area (Å²) < 4.78 is 5.15. The van der Waals surface area contributed by atoms with Gasteiger partial charge in [-0.15, -0.1) is 0 Å². The summed E-state index contributed by atoms with van der Waals surface area (Å²) in [4.78, 5) is 33.5. The van der Waals surface area contributed by atoms with E-state index in [-0.39, 0.29) is 17.9 Å². The molecular formula is C29H30N4O3. The lowest BCUT2D eigenvalue weighted by Gasteiger charge is -2.29. The molecule has 3 aromatic carbocycles. The molecule has 1 fully saturated rings. The number of methoxy groups -OCH3 is 1. The first-order valence-electron chi connectivity index (χ1n) is 12.4. The molecule has 0 radical (unpaired) electrons. The van der Waals surface area contributed by atoms with Gasteiger partial charge in [0.2, 0.25) is 0 Å². The molecule has 0 bridgehead atoms. The summed E-state index contributed by atoms with van der Waals surface area (Å²) in [6.45, 7) is 2.21. The Labute approximate surface area is 210 Å². The van der Waals surface area contributed by atoms with E-state index < -0.39 is 0 Å². The van der Waals surface area contributed by atoms with Crippen molar-refractivity contribution < 1.29 is 14.3 Å². The number of benzene rings is 3. The highest BCUT2D eigenvalue weighted by molar-refractivity contribution is 6.06. The van der Waals surface area contributed by atoms with Crippen molar-refractivity contribution >= 4 is 28.5 Å². The normalized spacial score (nSPS) is 17.5. The highest BCUT2D eigenvalue weighted by Crippen LogP contribution is 2.25. The van der Waals surface area contributed by atoms with Gasteiger partial charge in [0.15, 0.2) is 0 Å². The van der Waals surface area contributed by atoms with Crippen LogP contribution in [0, 0.1) is 5.92 Å². The summed E-state index contributed by atoms with van der Waals surface area (Å²) in [5.74, 6) is 1.68. The molecular weight excluding hydrogens is 452 g/mol. The molecule has 1 aromatic heterocycles. The Balaban J connectivity index is 1.28. The molecule has 0 spiro atoms. The van der Waals surface area contributed by atoms with Gasteiger partial charge in [0.05, 0.1) is 18.1 Å². The number of amides is 2. The molecule has 1 saturated carbocycles. The van der Waals surface area contributed by atoms with Gasteiger partial charge in [0.1, 0.15) is 11.6 Å². The van der Waals surface area contributed by atoms with Gasteiger partial charge in [-0.3, -0.25) is 9.59 Å². The van der Waals surface area contributed by atoms with Crippen LogP contribution in [0.5, 0.6) is 5.75 Å². The van der Waals surface area contributed by atoms with Crippen molar-refractivity contribution in [2.45, 2.75) is 38.6 Å². The standard InChI is InChI=1S/C29H30N4O3/c1-18-5-3-4-6-24(18)33-28(34)20-9-7-19(8-10-20)27-31-25-16-11-21(17-26(25)32-27)29(35)30-22-12-14-23(36-2)15-13-22/h7-18,24H,3-6H2,1-2H3,(H,30,35)(H,31,32)(H,33,34). The van der Waals surface area contributed by atoms with Gasteiger partial charge in [-0.1, -0.05) is 31.9 Å². The molecule has 0 saturated heterocycles. The summed E-state index contributed by atoms with van der Waals surface area (Å²) in [5.41, 5.74) is 4.24. The van der Waals surface area contributed by atoms with Crippen LogP contribution in [-0.4, -0.2) is 34.9 Å². The number of nitrogens with one attached hydrogen (secondary N) is 3. The van der Waals surface area contributed by atoms with E-state index in [2.05, 4.69) is 27.5 Å². The monoisotopic (exact) mass is 482 g/mol. The van der Waals surface area contributed by atoms with Gasteiger partial charge in [0.25, 0.3) is 11.8 Å². The van der Waals surface area contributed by atoms with Crippen LogP contribution in [0.1, 0.15) is 53.3 Å². The van der Waals surface area contributed by atoms with Crippen LogP contribution >= 0.6 is 0 Å². The van der Waals surface area contributed by atoms with Gasteiger partial charge in [-0.05, 0) is 73.4 Å². The van der Waals surface area contributed by atoms with Crippen molar-refractivity contribution in [3.63, 3.8) is 0 Å². The third kappa shape index (κ3) is 5.10. The number of carbonyl (C=O) groups excluding carboxylic acids is 2. The topological polar surface area (TPSA) is 96.1 Å². The number of rotatable bonds is 6. The lowest BCUT2D eigenvalue weighted by Crippen LogP contribution is -2.41. The van der Waals surface area contributed by atoms with E-state index in [1.54, 1.807) is 43.5 Å². The number of ether oxygens (including phenoxy) is 1.